The summed E-state index contributed by atoms with van der Waals surface area (Å²) in [6.45, 7) is 6.92. The summed E-state index contributed by atoms with van der Waals surface area (Å²) in [7, 11) is 1.64. The zero-order chi connectivity index (χ0) is 27.4. The summed E-state index contributed by atoms with van der Waals surface area (Å²) in [5.41, 5.74) is 2.78. The second-order valence-corrected chi connectivity index (χ2v) is 13.1. The van der Waals surface area contributed by atoms with E-state index < -0.39 is 0 Å². The lowest BCUT2D eigenvalue weighted by Crippen LogP contribution is -3.00. The fourth-order valence-electron chi connectivity index (χ4n) is 9.15. The second kappa shape index (κ2) is 11.1. The van der Waals surface area contributed by atoms with E-state index in [4.69, 9.17) is 9.47 Å². The van der Waals surface area contributed by atoms with Crippen LogP contribution in [-0.4, -0.2) is 29.5 Å². The molecule has 0 spiro atoms. The molecule has 0 N–H and O–H groups in total. The quantitative estimate of drug-likeness (QED) is 0.218. The minimum absolute atomic E-state index is 0. The number of rotatable bonds is 6. The molecule has 7 atom stereocenters. The summed E-state index contributed by atoms with van der Waals surface area (Å²) in [6, 6.07) is 7.83. The fraction of sp³-hybridized carbons (Fsp3) is 0.606. The number of halogens is 1. The van der Waals surface area contributed by atoms with Crippen LogP contribution in [0, 0.1) is 28.6 Å². The van der Waals surface area contributed by atoms with Gasteiger partial charge in [-0.2, -0.15) is 0 Å². The summed E-state index contributed by atoms with van der Waals surface area (Å²) in [6.07, 6.45) is 18.2. The number of esters is 1. The molecular formula is C33H43BrN2O4. The maximum absolute atomic E-state index is 12.9. The number of carbonyl (C=O) groups is 2. The van der Waals surface area contributed by atoms with E-state index in [0.717, 1.165) is 49.2 Å². The van der Waals surface area contributed by atoms with Gasteiger partial charge in [-0.25, -0.2) is 9.13 Å². The molecule has 0 saturated heterocycles. The number of ketones is 1. The van der Waals surface area contributed by atoms with Crippen molar-refractivity contribution in [2.24, 2.45) is 28.6 Å². The molecule has 3 fully saturated rings. The van der Waals surface area contributed by atoms with Crippen molar-refractivity contribution in [3.63, 3.8) is 0 Å². The SMILES string of the molecule is COc1ccc(C(=O)C[n+]2ccn([C@H]3CC[C@H]4[C@@H]5CC=C6C[C@@H](OC(C)=O)CC[C@]6(C)[C@H]5CC[C@]34C)c2)cc1.[Br-]. The molecule has 0 radical (unpaired) electrons. The summed E-state index contributed by atoms with van der Waals surface area (Å²) < 4.78 is 15.3. The molecule has 0 unspecified atom stereocenters. The fourth-order valence-corrected chi connectivity index (χ4v) is 9.15. The van der Waals surface area contributed by atoms with Gasteiger partial charge < -0.3 is 26.5 Å². The first-order valence-corrected chi connectivity index (χ1v) is 14.8. The Morgan fingerprint density at radius 3 is 2.55 bits per heavy atom. The van der Waals surface area contributed by atoms with Gasteiger partial charge in [0.05, 0.1) is 7.11 Å². The first-order valence-electron chi connectivity index (χ1n) is 14.8. The van der Waals surface area contributed by atoms with Crippen LogP contribution in [0.1, 0.15) is 88.5 Å². The molecule has 216 valence electrons. The average molecular weight is 612 g/mol. The third-order valence-electron chi connectivity index (χ3n) is 11.2. The first kappa shape index (κ1) is 29.1. The number of ether oxygens (including phenoxy) is 2. The Morgan fingerprint density at radius 2 is 1.82 bits per heavy atom. The number of Topliss-reactive ketones (excluding diaryl/α,β-unsaturated/α-hetero) is 1. The van der Waals surface area contributed by atoms with Crippen molar-refractivity contribution in [1.29, 1.82) is 0 Å². The van der Waals surface area contributed by atoms with Crippen LogP contribution in [-0.2, 0) is 16.1 Å². The average Bonchev–Trinajstić information content (AvgIpc) is 3.52. The zero-order valence-corrected chi connectivity index (χ0v) is 25.9. The molecule has 0 aliphatic heterocycles. The van der Waals surface area contributed by atoms with Gasteiger partial charge in [0, 0.05) is 24.3 Å². The van der Waals surface area contributed by atoms with Crippen LogP contribution >= 0.6 is 0 Å². The van der Waals surface area contributed by atoms with Gasteiger partial charge in [0.2, 0.25) is 12.1 Å². The van der Waals surface area contributed by atoms with Crippen LogP contribution in [0.2, 0.25) is 0 Å². The summed E-state index contributed by atoms with van der Waals surface area (Å²) in [4.78, 5) is 24.5. The minimum atomic E-state index is -0.153. The molecule has 1 aromatic carbocycles. The standard InChI is InChI=1S/C33H43N2O4.BrH/c1-22(36)39-26-13-15-32(2)24(19-26)7-10-27-28-11-12-31(33(28,3)16-14-29(27)32)35-18-17-34(21-35)20-30(37)23-5-8-25(38-4)9-6-23;/h5-9,17-18,21,26-29,31H,10-16,19-20H2,1-4H3;1H/q+1;/p-1/t26-,27-,28-,29-,31-,32-,33-;/m0./s1. The molecule has 4 aliphatic carbocycles. The molecule has 3 saturated carbocycles. The number of aromatic nitrogens is 2. The lowest BCUT2D eigenvalue weighted by molar-refractivity contribution is -0.682. The summed E-state index contributed by atoms with van der Waals surface area (Å²) in [5.74, 6) is 2.89. The van der Waals surface area contributed by atoms with Crippen molar-refractivity contribution in [3.05, 3.63) is 60.2 Å². The molecular weight excluding hydrogens is 568 g/mol. The maximum Gasteiger partial charge on any atom is 0.302 e. The first-order chi connectivity index (χ1) is 18.7. The van der Waals surface area contributed by atoms with Crippen LogP contribution in [0.5, 0.6) is 5.75 Å². The molecule has 7 heteroatoms. The number of hydrogen-bond donors (Lipinski definition) is 0. The van der Waals surface area contributed by atoms with Gasteiger partial charge in [-0.3, -0.25) is 9.59 Å². The number of allylic oxidation sites excluding steroid dienone is 1. The highest BCUT2D eigenvalue weighted by molar-refractivity contribution is 5.95. The van der Waals surface area contributed by atoms with Crippen molar-refractivity contribution < 1.29 is 40.6 Å². The van der Waals surface area contributed by atoms with Gasteiger partial charge in [-0.15, -0.1) is 0 Å². The summed E-state index contributed by atoms with van der Waals surface area (Å²) in [5, 5.41) is 0. The maximum atomic E-state index is 12.9. The highest BCUT2D eigenvalue weighted by atomic mass is 79.9. The van der Waals surface area contributed by atoms with Gasteiger partial charge in [-0.05, 0) is 92.4 Å². The normalized spacial score (nSPS) is 34.4. The number of methoxy groups -OCH3 is 1. The lowest BCUT2D eigenvalue weighted by Gasteiger charge is -2.57. The Bertz CT molecular complexity index is 1290. The van der Waals surface area contributed by atoms with Crippen LogP contribution < -0.4 is 26.3 Å². The molecule has 1 heterocycles. The number of nitrogens with zero attached hydrogens (tertiary/aromatic N) is 2. The van der Waals surface area contributed by atoms with E-state index in [1.54, 1.807) is 12.7 Å². The highest BCUT2D eigenvalue weighted by Crippen LogP contribution is 2.67. The molecule has 6 nitrogen and oxygen atoms in total. The van der Waals surface area contributed by atoms with Crippen LogP contribution in [0.4, 0.5) is 0 Å². The number of hydrogen-bond acceptors (Lipinski definition) is 4. The Labute approximate surface area is 248 Å². The Morgan fingerprint density at radius 1 is 1.05 bits per heavy atom. The summed E-state index contributed by atoms with van der Waals surface area (Å²) >= 11 is 0. The minimum Gasteiger partial charge on any atom is -1.00 e. The molecule has 4 aliphatic rings. The van der Waals surface area contributed by atoms with Crippen molar-refractivity contribution in [2.75, 3.05) is 7.11 Å². The topological polar surface area (TPSA) is 61.4 Å². The lowest BCUT2D eigenvalue weighted by atomic mass is 9.48. The molecule has 0 bridgehead atoms. The highest BCUT2D eigenvalue weighted by Gasteiger charge is 2.60. The van der Waals surface area contributed by atoms with E-state index in [9.17, 15) is 9.59 Å². The Balaban J connectivity index is 0.00000323. The zero-order valence-electron chi connectivity index (χ0n) is 24.3. The van der Waals surface area contributed by atoms with E-state index in [0.29, 0.717) is 18.2 Å². The Hall–Kier alpha value is -2.41. The van der Waals surface area contributed by atoms with E-state index >= 15 is 0 Å². The molecule has 2 aromatic rings. The van der Waals surface area contributed by atoms with Crippen molar-refractivity contribution in [2.45, 2.75) is 90.8 Å². The van der Waals surface area contributed by atoms with Gasteiger partial charge in [0.1, 0.15) is 30.3 Å². The monoisotopic (exact) mass is 610 g/mol. The van der Waals surface area contributed by atoms with Gasteiger partial charge in [0.25, 0.3) is 0 Å². The van der Waals surface area contributed by atoms with Crippen LogP contribution in [0.3, 0.4) is 0 Å². The van der Waals surface area contributed by atoms with Crippen LogP contribution in [0.25, 0.3) is 0 Å². The van der Waals surface area contributed by atoms with Crippen molar-refractivity contribution in [3.8, 4) is 5.75 Å². The van der Waals surface area contributed by atoms with Crippen LogP contribution in [0.15, 0.2) is 54.6 Å². The van der Waals surface area contributed by atoms with Crippen molar-refractivity contribution in [1.82, 2.24) is 4.57 Å². The predicted octanol–water partition coefficient (Wildman–Crippen LogP) is 3.11. The molecule has 6 rings (SSSR count). The van der Waals surface area contributed by atoms with E-state index in [-0.39, 0.29) is 45.7 Å². The largest absolute Gasteiger partial charge is 1.00 e. The number of carbonyl (C=O) groups excluding carboxylic acids is 2. The Kier molecular flexibility index (Phi) is 8.08. The van der Waals surface area contributed by atoms with Gasteiger partial charge in [-0.1, -0.05) is 25.5 Å². The molecule has 0 amide bonds. The van der Waals surface area contributed by atoms with E-state index in [1.807, 2.05) is 28.8 Å². The number of benzene rings is 1. The van der Waals surface area contributed by atoms with Gasteiger partial charge in [0.15, 0.2) is 6.54 Å². The number of imidazole rings is 1. The van der Waals surface area contributed by atoms with E-state index in [1.165, 1.54) is 32.6 Å². The third-order valence-corrected chi connectivity index (χ3v) is 11.2. The molecule has 40 heavy (non-hydrogen) atoms. The van der Waals surface area contributed by atoms with E-state index in [2.05, 4.69) is 43.2 Å². The second-order valence-electron chi connectivity index (χ2n) is 13.1. The molecule has 1 aromatic heterocycles. The van der Waals surface area contributed by atoms with Crippen molar-refractivity contribution >= 4 is 11.8 Å². The number of fused-ring (bicyclic) bond motifs is 5. The predicted molar refractivity (Wildman–Crippen MR) is 148 cm³/mol. The van der Waals surface area contributed by atoms with Gasteiger partial charge >= 0.3 is 5.97 Å². The smallest absolute Gasteiger partial charge is 0.302 e. The third kappa shape index (κ3) is 4.97.